The summed E-state index contributed by atoms with van der Waals surface area (Å²) in [5, 5.41) is 3.49. The molecule has 1 atom stereocenters. The van der Waals surface area contributed by atoms with Crippen LogP contribution in [0.15, 0.2) is 0 Å². The van der Waals surface area contributed by atoms with Crippen molar-refractivity contribution in [3.05, 3.63) is 0 Å². The summed E-state index contributed by atoms with van der Waals surface area (Å²) in [6, 6.07) is 0.343. The van der Waals surface area contributed by atoms with Gasteiger partial charge in [-0.25, -0.2) is 0 Å². The molecule has 0 aliphatic carbocycles. The maximum absolute atomic E-state index is 12.1. The third kappa shape index (κ3) is 6.29. The second kappa shape index (κ2) is 6.48. The molecule has 0 saturated carbocycles. The third-order valence-electron chi connectivity index (χ3n) is 3.20. The van der Waals surface area contributed by atoms with E-state index in [0.29, 0.717) is 12.6 Å². The van der Waals surface area contributed by atoms with E-state index in [1.54, 1.807) is 0 Å². The van der Waals surface area contributed by atoms with Gasteiger partial charge in [0.15, 0.2) is 0 Å². The Morgan fingerprint density at radius 2 is 1.94 bits per heavy atom. The van der Waals surface area contributed by atoms with E-state index in [-0.39, 0.29) is 22.9 Å². The minimum Gasteiger partial charge on any atom is -0.312 e. The van der Waals surface area contributed by atoms with Crippen molar-refractivity contribution in [1.82, 2.24) is 10.2 Å². The van der Waals surface area contributed by atoms with Crippen LogP contribution in [0.4, 0.5) is 13.2 Å². The van der Waals surface area contributed by atoms with E-state index in [4.69, 9.17) is 0 Å². The maximum Gasteiger partial charge on any atom is 0.441 e. The Balaban J connectivity index is 2.40. The highest BCUT2D eigenvalue weighted by molar-refractivity contribution is 8.00. The molecule has 18 heavy (non-hydrogen) atoms. The lowest BCUT2D eigenvalue weighted by molar-refractivity contribution is -0.0328. The number of hydrogen-bond acceptors (Lipinski definition) is 3. The van der Waals surface area contributed by atoms with E-state index in [2.05, 4.69) is 31.0 Å². The van der Waals surface area contributed by atoms with Crippen LogP contribution in [0.2, 0.25) is 0 Å². The van der Waals surface area contributed by atoms with Gasteiger partial charge in [-0.05, 0) is 36.7 Å². The van der Waals surface area contributed by atoms with E-state index in [9.17, 15) is 13.2 Å². The Morgan fingerprint density at radius 1 is 1.28 bits per heavy atom. The zero-order chi connectivity index (χ0) is 13.8. The van der Waals surface area contributed by atoms with Crippen molar-refractivity contribution in [1.29, 1.82) is 0 Å². The van der Waals surface area contributed by atoms with Crippen molar-refractivity contribution >= 4 is 11.8 Å². The highest BCUT2D eigenvalue weighted by Gasteiger charge is 2.30. The van der Waals surface area contributed by atoms with Crippen molar-refractivity contribution < 1.29 is 13.2 Å². The van der Waals surface area contributed by atoms with Crippen LogP contribution < -0.4 is 5.32 Å². The first-order valence-electron chi connectivity index (χ1n) is 6.35. The van der Waals surface area contributed by atoms with Gasteiger partial charge in [0.25, 0.3) is 0 Å². The van der Waals surface area contributed by atoms with Gasteiger partial charge in [-0.15, -0.1) is 0 Å². The highest BCUT2D eigenvalue weighted by atomic mass is 32.2. The molecule has 1 saturated heterocycles. The summed E-state index contributed by atoms with van der Waals surface area (Å²) < 4.78 is 36.3. The first kappa shape index (κ1) is 16.1. The van der Waals surface area contributed by atoms with Gasteiger partial charge in [-0.2, -0.15) is 13.2 Å². The fraction of sp³-hybridized carbons (Fsp3) is 1.00. The molecule has 1 N–H and O–H groups in total. The average molecular weight is 284 g/mol. The van der Waals surface area contributed by atoms with Crippen LogP contribution in [-0.4, -0.2) is 48.4 Å². The van der Waals surface area contributed by atoms with Gasteiger partial charge in [0.1, 0.15) is 0 Å². The SMILES string of the molecule is CC(C)(C)C1CN(CCSC(F)(F)F)CCCN1. The number of thioether (sulfide) groups is 1. The smallest absolute Gasteiger partial charge is 0.312 e. The van der Waals surface area contributed by atoms with E-state index in [1.165, 1.54) is 0 Å². The molecule has 1 heterocycles. The van der Waals surface area contributed by atoms with Gasteiger partial charge < -0.3 is 10.2 Å². The molecule has 0 spiro atoms. The number of halogens is 3. The molecule has 1 aliphatic rings. The molecule has 1 aliphatic heterocycles. The van der Waals surface area contributed by atoms with Crippen molar-refractivity contribution in [2.75, 3.05) is 31.9 Å². The standard InChI is InChI=1S/C12H23F3N2S/c1-11(2,3)10-9-17(6-4-5-16-10)7-8-18-12(13,14)15/h10,16H,4-9H2,1-3H3. The van der Waals surface area contributed by atoms with Crippen molar-refractivity contribution in [3.8, 4) is 0 Å². The summed E-state index contributed by atoms with van der Waals surface area (Å²) in [4.78, 5) is 2.15. The fourth-order valence-electron chi connectivity index (χ4n) is 2.07. The molecular weight excluding hydrogens is 261 g/mol. The summed E-state index contributed by atoms with van der Waals surface area (Å²) in [7, 11) is 0. The van der Waals surface area contributed by atoms with Gasteiger partial charge >= 0.3 is 5.51 Å². The second-order valence-corrected chi connectivity index (χ2v) is 6.98. The minimum atomic E-state index is -4.10. The number of hydrogen-bond donors (Lipinski definition) is 1. The molecule has 0 amide bonds. The number of alkyl halides is 3. The van der Waals surface area contributed by atoms with Gasteiger partial charge in [0.05, 0.1) is 0 Å². The normalized spacial score (nSPS) is 24.0. The predicted octanol–water partition coefficient (Wildman–Crippen LogP) is 2.95. The fourth-order valence-corrected chi connectivity index (χ4v) is 2.65. The Labute approximate surface area is 112 Å². The van der Waals surface area contributed by atoms with Gasteiger partial charge in [-0.3, -0.25) is 0 Å². The Morgan fingerprint density at radius 3 is 2.50 bits per heavy atom. The number of rotatable bonds is 3. The van der Waals surface area contributed by atoms with E-state index in [1.807, 2.05) is 0 Å². The average Bonchev–Trinajstić information content (AvgIpc) is 2.40. The van der Waals surface area contributed by atoms with Crippen LogP contribution in [0, 0.1) is 5.41 Å². The number of nitrogens with zero attached hydrogens (tertiary/aromatic N) is 1. The maximum atomic E-state index is 12.1. The molecule has 0 radical (unpaired) electrons. The molecule has 1 fully saturated rings. The van der Waals surface area contributed by atoms with E-state index >= 15 is 0 Å². The molecule has 6 heteroatoms. The lowest BCUT2D eigenvalue weighted by Gasteiger charge is -2.33. The first-order valence-corrected chi connectivity index (χ1v) is 7.33. The Kier molecular flexibility index (Phi) is 5.80. The van der Waals surface area contributed by atoms with Crippen LogP contribution in [0.3, 0.4) is 0 Å². The summed E-state index contributed by atoms with van der Waals surface area (Å²) in [5.74, 6) is 0.125. The van der Waals surface area contributed by atoms with Crippen LogP contribution >= 0.6 is 11.8 Å². The van der Waals surface area contributed by atoms with E-state index < -0.39 is 5.51 Å². The van der Waals surface area contributed by atoms with Gasteiger partial charge in [-0.1, -0.05) is 20.8 Å². The summed E-state index contributed by atoms with van der Waals surface area (Å²) >= 11 is 0.0807. The molecule has 2 nitrogen and oxygen atoms in total. The second-order valence-electron chi connectivity index (χ2n) is 5.82. The molecule has 0 aromatic heterocycles. The molecule has 0 bridgehead atoms. The van der Waals surface area contributed by atoms with Crippen molar-refractivity contribution in [3.63, 3.8) is 0 Å². The van der Waals surface area contributed by atoms with Crippen molar-refractivity contribution in [2.45, 2.75) is 38.7 Å². The Bertz CT molecular complexity index is 251. The highest BCUT2D eigenvalue weighted by Crippen LogP contribution is 2.30. The molecule has 108 valence electrons. The predicted molar refractivity (Wildman–Crippen MR) is 70.8 cm³/mol. The topological polar surface area (TPSA) is 15.3 Å². The lowest BCUT2D eigenvalue weighted by atomic mass is 9.86. The van der Waals surface area contributed by atoms with E-state index in [0.717, 1.165) is 26.1 Å². The largest absolute Gasteiger partial charge is 0.441 e. The van der Waals surface area contributed by atoms with Crippen LogP contribution in [0.1, 0.15) is 27.2 Å². The summed E-state index contributed by atoms with van der Waals surface area (Å²) in [6.45, 7) is 9.68. The molecule has 0 aromatic rings. The summed E-state index contributed by atoms with van der Waals surface area (Å²) in [5.41, 5.74) is -3.96. The monoisotopic (exact) mass is 284 g/mol. The Hall–Kier alpha value is 0.0600. The van der Waals surface area contributed by atoms with Crippen molar-refractivity contribution in [2.24, 2.45) is 5.41 Å². The quantitative estimate of drug-likeness (QED) is 0.858. The number of nitrogens with one attached hydrogen (secondary N) is 1. The zero-order valence-corrected chi connectivity index (χ0v) is 12.1. The van der Waals surface area contributed by atoms with Crippen LogP contribution in [0.5, 0.6) is 0 Å². The molecule has 1 rings (SSSR count). The van der Waals surface area contributed by atoms with Gasteiger partial charge in [0, 0.05) is 24.9 Å². The lowest BCUT2D eigenvalue weighted by Crippen LogP contribution is -2.46. The van der Waals surface area contributed by atoms with Gasteiger partial charge in [0.2, 0.25) is 0 Å². The van der Waals surface area contributed by atoms with Crippen LogP contribution in [-0.2, 0) is 0 Å². The summed E-state index contributed by atoms with van der Waals surface area (Å²) in [6.07, 6.45) is 1.00. The molecular formula is C12H23F3N2S. The first-order chi connectivity index (χ1) is 8.18. The molecule has 0 aromatic carbocycles. The molecule has 1 unspecified atom stereocenters. The minimum absolute atomic E-state index is 0.0807. The van der Waals surface area contributed by atoms with Crippen LogP contribution in [0.25, 0.3) is 0 Å². The third-order valence-corrected chi connectivity index (χ3v) is 3.92. The zero-order valence-electron chi connectivity index (χ0n) is 11.3.